The Morgan fingerprint density at radius 2 is 2.00 bits per heavy atom. The molecule has 0 bridgehead atoms. The van der Waals surface area contributed by atoms with Gasteiger partial charge in [0.1, 0.15) is 12.0 Å². The average Bonchev–Trinajstić information content (AvgIpc) is 3.40. The van der Waals surface area contributed by atoms with Crippen LogP contribution in [0.4, 0.5) is 0 Å². The van der Waals surface area contributed by atoms with Crippen molar-refractivity contribution in [1.29, 1.82) is 0 Å². The molecule has 1 N–H and O–H groups in total. The van der Waals surface area contributed by atoms with Crippen LogP contribution in [0.2, 0.25) is 0 Å². The third kappa shape index (κ3) is 3.43. The molecule has 134 valence electrons. The summed E-state index contributed by atoms with van der Waals surface area (Å²) < 4.78 is 5.25. The highest BCUT2D eigenvalue weighted by atomic mass is 16.5. The van der Waals surface area contributed by atoms with Gasteiger partial charge in [-0.25, -0.2) is 4.98 Å². The lowest BCUT2D eigenvalue weighted by Crippen LogP contribution is -2.27. The van der Waals surface area contributed by atoms with Crippen LogP contribution in [-0.4, -0.2) is 48.2 Å². The standard InChI is InChI=1S/C18H15N7O2/c1-25(10-15-22-17(24-27-15)14-8-4-5-9-19-14)18(26)13-7-3-2-6-12(13)16-20-11-21-23-16/h2-9,11H,10H2,1H3,(H,20,21,23). The van der Waals surface area contributed by atoms with Crippen LogP contribution in [0.3, 0.4) is 0 Å². The second kappa shape index (κ2) is 7.16. The first kappa shape index (κ1) is 16.6. The molecule has 0 fully saturated rings. The summed E-state index contributed by atoms with van der Waals surface area (Å²) in [7, 11) is 1.67. The van der Waals surface area contributed by atoms with Gasteiger partial charge >= 0.3 is 0 Å². The van der Waals surface area contributed by atoms with Crippen LogP contribution >= 0.6 is 0 Å². The van der Waals surface area contributed by atoms with Gasteiger partial charge in [-0.15, -0.1) is 0 Å². The monoisotopic (exact) mass is 361 g/mol. The van der Waals surface area contributed by atoms with Gasteiger partial charge < -0.3 is 9.42 Å². The molecule has 0 radical (unpaired) electrons. The van der Waals surface area contributed by atoms with Crippen LogP contribution in [0.25, 0.3) is 22.9 Å². The zero-order valence-electron chi connectivity index (χ0n) is 14.4. The normalized spacial score (nSPS) is 10.7. The van der Waals surface area contributed by atoms with Crippen molar-refractivity contribution in [3.63, 3.8) is 0 Å². The van der Waals surface area contributed by atoms with Crippen molar-refractivity contribution in [2.75, 3.05) is 7.05 Å². The molecule has 4 aromatic rings. The van der Waals surface area contributed by atoms with Gasteiger partial charge in [0.05, 0.1) is 12.1 Å². The van der Waals surface area contributed by atoms with E-state index < -0.39 is 0 Å². The SMILES string of the molecule is CN(Cc1nc(-c2ccccn2)no1)C(=O)c1ccccc1-c1ncn[nH]1. The zero-order chi connectivity index (χ0) is 18.6. The maximum Gasteiger partial charge on any atom is 0.254 e. The predicted octanol–water partition coefficient (Wildman–Crippen LogP) is 2.19. The number of amides is 1. The molecule has 0 aliphatic carbocycles. The second-order valence-corrected chi connectivity index (χ2v) is 5.77. The molecule has 0 unspecified atom stereocenters. The fourth-order valence-corrected chi connectivity index (χ4v) is 2.61. The average molecular weight is 361 g/mol. The molecule has 4 rings (SSSR count). The Labute approximate surface area is 154 Å². The topological polar surface area (TPSA) is 114 Å². The van der Waals surface area contributed by atoms with Crippen molar-refractivity contribution in [2.24, 2.45) is 0 Å². The van der Waals surface area contributed by atoms with E-state index in [1.165, 1.54) is 11.2 Å². The van der Waals surface area contributed by atoms with Crippen LogP contribution < -0.4 is 0 Å². The number of aromatic nitrogens is 6. The highest BCUT2D eigenvalue weighted by Gasteiger charge is 2.20. The van der Waals surface area contributed by atoms with Crippen molar-refractivity contribution in [2.45, 2.75) is 6.54 Å². The van der Waals surface area contributed by atoms with E-state index in [2.05, 4.69) is 30.3 Å². The van der Waals surface area contributed by atoms with Crippen LogP contribution in [0, 0.1) is 0 Å². The molecule has 27 heavy (non-hydrogen) atoms. The summed E-state index contributed by atoms with van der Waals surface area (Å²) >= 11 is 0. The van der Waals surface area contributed by atoms with E-state index in [1.54, 1.807) is 31.4 Å². The number of carbonyl (C=O) groups excluding carboxylic acids is 1. The molecule has 1 amide bonds. The number of hydrogen-bond donors (Lipinski definition) is 1. The lowest BCUT2D eigenvalue weighted by Gasteiger charge is -2.16. The molecule has 0 aliphatic heterocycles. The molecular formula is C18H15N7O2. The van der Waals surface area contributed by atoms with Crippen molar-refractivity contribution >= 4 is 5.91 Å². The van der Waals surface area contributed by atoms with E-state index in [0.29, 0.717) is 34.4 Å². The van der Waals surface area contributed by atoms with Crippen LogP contribution in [0.5, 0.6) is 0 Å². The molecule has 3 heterocycles. The van der Waals surface area contributed by atoms with Gasteiger partial charge in [-0.05, 0) is 18.2 Å². The van der Waals surface area contributed by atoms with Crippen LogP contribution in [0.1, 0.15) is 16.2 Å². The van der Waals surface area contributed by atoms with Gasteiger partial charge in [-0.2, -0.15) is 10.1 Å². The number of carbonyl (C=O) groups is 1. The molecule has 0 saturated heterocycles. The summed E-state index contributed by atoms with van der Waals surface area (Å²) in [4.78, 5) is 27.0. The fraction of sp³-hybridized carbons (Fsp3) is 0.111. The maximum absolute atomic E-state index is 12.9. The number of rotatable bonds is 5. The maximum atomic E-state index is 12.9. The molecule has 3 aromatic heterocycles. The summed E-state index contributed by atoms with van der Waals surface area (Å²) in [6, 6.07) is 12.6. The van der Waals surface area contributed by atoms with Crippen molar-refractivity contribution in [1.82, 2.24) is 35.2 Å². The largest absolute Gasteiger partial charge is 0.337 e. The van der Waals surface area contributed by atoms with Gasteiger partial charge in [0, 0.05) is 18.8 Å². The summed E-state index contributed by atoms with van der Waals surface area (Å²) in [6.45, 7) is 0.170. The Kier molecular flexibility index (Phi) is 4.40. The fourth-order valence-electron chi connectivity index (χ4n) is 2.61. The summed E-state index contributed by atoms with van der Waals surface area (Å²) in [5.41, 5.74) is 1.78. The Morgan fingerprint density at radius 1 is 1.15 bits per heavy atom. The van der Waals surface area contributed by atoms with E-state index in [0.717, 1.165) is 0 Å². The quantitative estimate of drug-likeness (QED) is 0.579. The van der Waals surface area contributed by atoms with Crippen molar-refractivity contribution < 1.29 is 9.32 Å². The van der Waals surface area contributed by atoms with Gasteiger partial charge in [0.15, 0.2) is 5.82 Å². The highest BCUT2D eigenvalue weighted by Crippen LogP contribution is 2.21. The molecule has 0 aliphatic rings. The zero-order valence-corrected chi connectivity index (χ0v) is 14.4. The smallest absolute Gasteiger partial charge is 0.254 e. The molecule has 1 aromatic carbocycles. The minimum Gasteiger partial charge on any atom is -0.337 e. The second-order valence-electron chi connectivity index (χ2n) is 5.77. The van der Waals surface area contributed by atoms with E-state index in [-0.39, 0.29) is 12.5 Å². The Bertz CT molecular complexity index is 1040. The summed E-state index contributed by atoms with van der Waals surface area (Å²) in [5.74, 6) is 1.04. The van der Waals surface area contributed by atoms with Gasteiger partial charge in [0.25, 0.3) is 5.91 Å². The number of nitrogens with zero attached hydrogens (tertiary/aromatic N) is 6. The van der Waals surface area contributed by atoms with E-state index >= 15 is 0 Å². The Hall–Kier alpha value is -3.88. The third-order valence-corrected chi connectivity index (χ3v) is 3.91. The first-order valence-electron chi connectivity index (χ1n) is 8.16. The molecule has 0 saturated carbocycles. The van der Waals surface area contributed by atoms with Crippen LogP contribution in [0.15, 0.2) is 59.5 Å². The lowest BCUT2D eigenvalue weighted by atomic mass is 10.1. The van der Waals surface area contributed by atoms with Gasteiger partial charge in [-0.1, -0.05) is 29.4 Å². The molecular weight excluding hydrogens is 346 g/mol. The number of nitrogens with one attached hydrogen (secondary N) is 1. The Morgan fingerprint density at radius 3 is 2.78 bits per heavy atom. The molecule has 9 heteroatoms. The number of hydrogen-bond acceptors (Lipinski definition) is 7. The van der Waals surface area contributed by atoms with Gasteiger partial charge in [-0.3, -0.25) is 14.9 Å². The number of aromatic amines is 1. The number of H-pyrrole nitrogens is 1. The number of benzene rings is 1. The van der Waals surface area contributed by atoms with E-state index in [4.69, 9.17) is 4.52 Å². The summed E-state index contributed by atoms with van der Waals surface area (Å²) in [5, 5.41) is 10.5. The Balaban J connectivity index is 1.54. The summed E-state index contributed by atoms with van der Waals surface area (Å²) in [6.07, 6.45) is 3.05. The predicted molar refractivity (Wildman–Crippen MR) is 95.1 cm³/mol. The highest BCUT2D eigenvalue weighted by molar-refractivity contribution is 5.99. The lowest BCUT2D eigenvalue weighted by molar-refractivity contribution is 0.0770. The van der Waals surface area contributed by atoms with Crippen molar-refractivity contribution in [3.8, 4) is 22.9 Å². The minimum absolute atomic E-state index is 0.170. The molecule has 0 atom stereocenters. The third-order valence-electron chi connectivity index (χ3n) is 3.91. The van der Waals surface area contributed by atoms with Gasteiger partial charge in [0.2, 0.25) is 11.7 Å². The minimum atomic E-state index is -0.195. The first-order valence-corrected chi connectivity index (χ1v) is 8.16. The van der Waals surface area contributed by atoms with E-state index in [9.17, 15) is 4.79 Å². The molecule has 0 spiro atoms. The first-order chi connectivity index (χ1) is 13.2. The molecule has 9 nitrogen and oxygen atoms in total. The van der Waals surface area contributed by atoms with Crippen LogP contribution in [-0.2, 0) is 6.54 Å². The van der Waals surface area contributed by atoms with E-state index in [1.807, 2.05) is 24.3 Å². The van der Waals surface area contributed by atoms with Crippen molar-refractivity contribution in [3.05, 3.63) is 66.4 Å². The number of pyridine rings is 1.